The van der Waals surface area contributed by atoms with Gasteiger partial charge in [-0.25, -0.2) is 8.42 Å². The zero-order chi connectivity index (χ0) is 13.5. The maximum absolute atomic E-state index is 12.6. The van der Waals surface area contributed by atoms with Gasteiger partial charge in [0.05, 0.1) is 5.69 Å². The number of thiophene rings is 1. The van der Waals surface area contributed by atoms with E-state index in [1.165, 1.54) is 15.6 Å². The lowest BCUT2D eigenvalue weighted by Gasteiger charge is -2.30. The van der Waals surface area contributed by atoms with Gasteiger partial charge in [0.15, 0.2) is 0 Å². The molecule has 2 aromatic rings. The number of fused-ring (bicyclic) bond motifs is 1. The average Bonchev–Trinajstić information content (AvgIpc) is 2.92. The predicted octanol–water partition coefficient (Wildman–Crippen LogP) is 2.47. The Morgan fingerprint density at radius 3 is 2.84 bits per heavy atom. The van der Waals surface area contributed by atoms with Gasteiger partial charge < -0.3 is 5.73 Å². The van der Waals surface area contributed by atoms with Gasteiger partial charge in [0, 0.05) is 12.2 Å². The van der Waals surface area contributed by atoms with E-state index in [-0.39, 0.29) is 0 Å². The third-order valence-corrected chi connectivity index (χ3v) is 6.41. The van der Waals surface area contributed by atoms with E-state index < -0.39 is 10.0 Å². The fourth-order valence-electron chi connectivity index (χ4n) is 2.35. The van der Waals surface area contributed by atoms with Crippen molar-refractivity contribution in [2.45, 2.75) is 17.1 Å². The second-order valence-corrected chi connectivity index (χ2v) is 7.54. The third kappa shape index (κ3) is 2.11. The van der Waals surface area contributed by atoms with Crippen LogP contribution in [-0.2, 0) is 16.4 Å². The van der Waals surface area contributed by atoms with Gasteiger partial charge in [0.1, 0.15) is 4.21 Å². The van der Waals surface area contributed by atoms with Crippen LogP contribution >= 0.6 is 11.3 Å². The minimum absolute atomic E-state index is 0.386. The Labute approximate surface area is 116 Å². The van der Waals surface area contributed by atoms with Crippen molar-refractivity contribution in [1.82, 2.24) is 0 Å². The largest absolute Gasteiger partial charge is 0.399 e. The number of nitrogen functional groups attached to an aromatic ring is 1. The summed E-state index contributed by atoms with van der Waals surface area (Å²) in [6.45, 7) is 0.525. The summed E-state index contributed by atoms with van der Waals surface area (Å²) in [6.07, 6.45) is 1.69. The fourth-order valence-corrected chi connectivity index (χ4v) is 5.00. The number of anilines is 2. The molecule has 0 aliphatic carbocycles. The zero-order valence-corrected chi connectivity index (χ0v) is 11.9. The van der Waals surface area contributed by atoms with E-state index in [9.17, 15) is 8.42 Å². The minimum atomic E-state index is -3.43. The number of nitrogens with zero attached hydrogens (tertiary/aromatic N) is 1. The molecular formula is C13H14N2O2S2. The molecule has 0 saturated heterocycles. The normalized spacial score (nSPS) is 15.3. The highest BCUT2D eigenvalue weighted by atomic mass is 32.2. The molecule has 0 saturated carbocycles. The highest BCUT2D eigenvalue weighted by Crippen LogP contribution is 2.34. The van der Waals surface area contributed by atoms with Crippen LogP contribution in [0.2, 0.25) is 0 Å². The summed E-state index contributed by atoms with van der Waals surface area (Å²) in [6, 6.07) is 8.82. The van der Waals surface area contributed by atoms with Crippen LogP contribution in [0.4, 0.5) is 11.4 Å². The average molecular weight is 294 g/mol. The molecule has 19 heavy (non-hydrogen) atoms. The lowest BCUT2D eigenvalue weighted by molar-refractivity contribution is 0.588. The molecule has 1 aliphatic heterocycles. The Morgan fingerprint density at radius 2 is 2.11 bits per heavy atom. The van der Waals surface area contributed by atoms with E-state index in [1.54, 1.807) is 29.6 Å². The SMILES string of the molecule is Nc1ccc2c(c1)CCCN2S(=O)(=O)c1cccs1. The summed E-state index contributed by atoms with van der Waals surface area (Å²) in [5.41, 5.74) is 8.20. The first-order chi connectivity index (χ1) is 9.09. The van der Waals surface area contributed by atoms with Gasteiger partial charge in [-0.1, -0.05) is 6.07 Å². The van der Waals surface area contributed by atoms with Gasteiger partial charge in [-0.3, -0.25) is 4.31 Å². The molecule has 0 radical (unpaired) electrons. The smallest absolute Gasteiger partial charge is 0.273 e. The highest BCUT2D eigenvalue weighted by molar-refractivity contribution is 7.94. The molecular weight excluding hydrogens is 280 g/mol. The van der Waals surface area contributed by atoms with E-state index in [0.717, 1.165) is 24.1 Å². The summed E-state index contributed by atoms with van der Waals surface area (Å²) in [4.78, 5) is 0. The van der Waals surface area contributed by atoms with E-state index in [1.807, 2.05) is 6.07 Å². The van der Waals surface area contributed by atoms with Crippen molar-refractivity contribution >= 4 is 32.7 Å². The van der Waals surface area contributed by atoms with E-state index in [0.29, 0.717) is 16.4 Å². The minimum Gasteiger partial charge on any atom is -0.399 e. The number of aryl methyl sites for hydroxylation is 1. The first-order valence-corrected chi connectivity index (χ1v) is 8.36. The Balaban J connectivity index is 2.10. The summed E-state index contributed by atoms with van der Waals surface area (Å²) in [5.74, 6) is 0. The van der Waals surface area contributed by atoms with Crippen LogP contribution in [0.3, 0.4) is 0 Å². The van der Waals surface area contributed by atoms with E-state index >= 15 is 0 Å². The number of rotatable bonds is 2. The van der Waals surface area contributed by atoms with Crippen molar-refractivity contribution in [3.8, 4) is 0 Å². The molecule has 1 aliphatic rings. The number of benzene rings is 1. The van der Waals surface area contributed by atoms with Crippen LogP contribution in [0.5, 0.6) is 0 Å². The monoisotopic (exact) mass is 294 g/mol. The van der Waals surface area contributed by atoms with Gasteiger partial charge in [-0.2, -0.15) is 0 Å². The molecule has 0 spiro atoms. The van der Waals surface area contributed by atoms with Crippen LogP contribution < -0.4 is 10.0 Å². The summed E-state index contributed by atoms with van der Waals surface area (Å²) in [7, 11) is -3.43. The van der Waals surface area contributed by atoms with Crippen molar-refractivity contribution < 1.29 is 8.42 Å². The van der Waals surface area contributed by atoms with Gasteiger partial charge in [-0.15, -0.1) is 11.3 Å². The van der Waals surface area contributed by atoms with Crippen LogP contribution in [-0.4, -0.2) is 15.0 Å². The van der Waals surface area contributed by atoms with Crippen LogP contribution in [0.15, 0.2) is 39.9 Å². The number of hydrogen-bond acceptors (Lipinski definition) is 4. The lowest BCUT2D eigenvalue weighted by atomic mass is 10.0. The Morgan fingerprint density at radius 1 is 1.26 bits per heavy atom. The Hall–Kier alpha value is -1.53. The molecule has 0 amide bonds. The van der Waals surface area contributed by atoms with Crippen LogP contribution in [0, 0.1) is 0 Å². The number of sulfonamides is 1. The predicted molar refractivity (Wildman–Crippen MR) is 78.0 cm³/mol. The van der Waals surface area contributed by atoms with Crippen molar-refractivity contribution in [3.05, 3.63) is 41.3 Å². The molecule has 3 rings (SSSR count). The molecule has 100 valence electrons. The Kier molecular flexibility index (Phi) is 2.99. The zero-order valence-electron chi connectivity index (χ0n) is 10.2. The molecule has 0 fully saturated rings. The first kappa shape index (κ1) is 12.5. The summed E-state index contributed by atoms with van der Waals surface area (Å²) >= 11 is 1.25. The molecule has 6 heteroatoms. The van der Waals surface area contributed by atoms with Crippen molar-refractivity contribution in [3.63, 3.8) is 0 Å². The molecule has 1 aromatic carbocycles. The maximum atomic E-state index is 12.6. The van der Waals surface area contributed by atoms with Gasteiger partial charge in [0.2, 0.25) is 0 Å². The topological polar surface area (TPSA) is 63.4 Å². The molecule has 0 unspecified atom stereocenters. The summed E-state index contributed by atoms with van der Waals surface area (Å²) in [5, 5.41) is 1.78. The fraction of sp³-hybridized carbons (Fsp3) is 0.231. The molecule has 2 heterocycles. The van der Waals surface area contributed by atoms with Gasteiger partial charge in [-0.05, 0) is 48.1 Å². The molecule has 1 aromatic heterocycles. The number of hydrogen-bond donors (Lipinski definition) is 1. The highest BCUT2D eigenvalue weighted by Gasteiger charge is 2.29. The van der Waals surface area contributed by atoms with Crippen molar-refractivity contribution in [2.24, 2.45) is 0 Å². The second kappa shape index (κ2) is 4.54. The third-order valence-electron chi connectivity index (χ3n) is 3.22. The van der Waals surface area contributed by atoms with Crippen LogP contribution in [0.1, 0.15) is 12.0 Å². The number of nitrogens with two attached hydrogens (primary N) is 1. The quantitative estimate of drug-likeness (QED) is 0.865. The van der Waals surface area contributed by atoms with Crippen molar-refractivity contribution in [2.75, 3.05) is 16.6 Å². The lowest BCUT2D eigenvalue weighted by Crippen LogP contribution is -2.35. The van der Waals surface area contributed by atoms with Crippen molar-refractivity contribution in [1.29, 1.82) is 0 Å². The summed E-state index contributed by atoms with van der Waals surface area (Å²) < 4.78 is 27.1. The molecule has 4 nitrogen and oxygen atoms in total. The van der Waals surface area contributed by atoms with Gasteiger partial charge in [0.25, 0.3) is 10.0 Å². The van der Waals surface area contributed by atoms with E-state index in [4.69, 9.17) is 5.73 Å². The van der Waals surface area contributed by atoms with E-state index in [2.05, 4.69) is 0 Å². The maximum Gasteiger partial charge on any atom is 0.273 e. The second-order valence-electron chi connectivity index (χ2n) is 4.50. The Bertz CT molecular complexity index is 693. The standard InChI is InChI=1S/C13H14N2O2S2/c14-11-5-6-12-10(9-11)3-1-7-15(12)19(16,17)13-4-2-8-18-13/h2,4-6,8-9H,1,3,7,14H2. The molecule has 0 atom stereocenters. The molecule has 2 N–H and O–H groups in total. The van der Waals surface area contributed by atoms with Gasteiger partial charge >= 0.3 is 0 Å². The van der Waals surface area contributed by atoms with Crippen LogP contribution in [0.25, 0.3) is 0 Å². The molecule has 0 bridgehead atoms. The first-order valence-electron chi connectivity index (χ1n) is 6.04.